The quantitative estimate of drug-likeness (QED) is 0.641. The van der Waals surface area contributed by atoms with Gasteiger partial charge in [0.2, 0.25) is 0 Å². The first-order valence-electron chi connectivity index (χ1n) is 5.76. The molecular formula is C15H13Br2FO. The second kappa shape index (κ2) is 6.06. The highest BCUT2D eigenvalue weighted by Gasteiger charge is 2.13. The molecule has 1 nitrogen and oxygen atoms in total. The van der Waals surface area contributed by atoms with Crippen LogP contribution in [-0.2, 0) is 0 Å². The number of ether oxygens (including phenoxy) is 1. The Kier molecular flexibility index (Phi) is 4.63. The largest absolute Gasteiger partial charge is 0.494 e. The Morgan fingerprint density at radius 3 is 2.32 bits per heavy atom. The molecule has 2 rings (SSSR count). The molecule has 2 aromatic rings. The van der Waals surface area contributed by atoms with Crippen molar-refractivity contribution in [1.29, 1.82) is 0 Å². The van der Waals surface area contributed by atoms with Crippen LogP contribution in [0.4, 0.5) is 4.39 Å². The lowest BCUT2D eigenvalue weighted by molar-refractivity contribution is 0.386. The SMILES string of the molecule is COc1ccc(C(Br)c2ccc(Br)c(C)c2)cc1F. The van der Waals surface area contributed by atoms with Crippen molar-refractivity contribution in [2.24, 2.45) is 0 Å². The molecule has 2 aromatic carbocycles. The van der Waals surface area contributed by atoms with Crippen LogP contribution < -0.4 is 4.74 Å². The van der Waals surface area contributed by atoms with Gasteiger partial charge in [0.05, 0.1) is 11.9 Å². The fraction of sp³-hybridized carbons (Fsp3) is 0.200. The van der Waals surface area contributed by atoms with E-state index in [9.17, 15) is 4.39 Å². The molecule has 0 spiro atoms. The van der Waals surface area contributed by atoms with E-state index in [0.717, 1.165) is 21.2 Å². The van der Waals surface area contributed by atoms with Crippen LogP contribution in [0.5, 0.6) is 5.75 Å². The average Bonchev–Trinajstić information content (AvgIpc) is 2.41. The molecular weight excluding hydrogens is 375 g/mol. The second-order valence-corrected chi connectivity index (χ2v) is 6.04. The third-order valence-electron chi connectivity index (χ3n) is 2.94. The zero-order valence-electron chi connectivity index (χ0n) is 10.6. The summed E-state index contributed by atoms with van der Waals surface area (Å²) in [6.07, 6.45) is 0. The Morgan fingerprint density at radius 2 is 1.74 bits per heavy atom. The minimum absolute atomic E-state index is 0.0419. The highest BCUT2D eigenvalue weighted by Crippen LogP contribution is 2.34. The average molecular weight is 388 g/mol. The van der Waals surface area contributed by atoms with Crippen molar-refractivity contribution in [1.82, 2.24) is 0 Å². The van der Waals surface area contributed by atoms with Gasteiger partial charge >= 0.3 is 0 Å². The Bertz CT molecular complexity index is 599. The zero-order chi connectivity index (χ0) is 14.0. The van der Waals surface area contributed by atoms with E-state index < -0.39 is 0 Å². The summed E-state index contributed by atoms with van der Waals surface area (Å²) in [7, 11) is 1.46. The van der Waals surface area contributed by atoms with E-state index in [1.165, 1.54) is 13.2 Å². The molecule has 1 atom stereocenters. The van der Waals surface area contributed by atoms with Gasteiger partial charge in [0.1, 0.15) is 0 Å². The monoisotopic (exact) mass is 386 g/mol. The van der Waals surface area contributed by atoms with Gasteiger partial charge in [-0.1, -0.05) is 50.1 Å². The normalized spacial score (nSPS) is 12.3. The van der Waals surface area contributed by atoms with E-state index in [4.69, 9.17) is 4.74 Å². The van der Waals surface area contributed by atoms with Crippen molar-refractivity contribution < 1.29 is 9.13 Å². The molecule has 0 saturated carbocycles. The van der Waals surface area contributed by atoms with Crippen LogP contribution in [-0.4, -0.2) is 7.11 Å². The van der Waals surface area contributed by atoms with Crippen LogP contribution >= 0.6 is 31.9 Å². The first-order valence-corrected chi connectivity index (χ1v) is 7.47. The molecule has 0 aliphatic rings. The molecule has 0 aromatic heterocycles. The molecule has 0 bridgehead atoms. The zero-order valence-corrected chi connectivity index (χ0v) is 13.8. The van der Waals surface area contributed by atoms with Gasteiger partial charge < -0.3 is 4.74 Å². The van der Waals surface area contributed by atoms with Gasteiger partial charge in [-0.05, 0) is 41.8 Å². The summed E-state index contributed by atoms with van der Waals surface area (Å²) in [6, 6.07) is 11.1. The topological polar surface area (TPSA) is 9.23 Å². The number of halogens is 3. The predicted molar refractivity (Wildman–Crippen MR) is 82.6 cm³/mol. The summed E-state index contributed by atoms with van der Waals surface area (Å²) in [4.78, 5) is -0.0419. The summed E-state index contributed by atoms with van der Waals surface area (Å²) in [6.45, 7) is 2.03. The lowest BCUT2D eigenvalue weighted by atomic mass is 10.0. The van der Waals surface area contributed by atoms with E-state index in [0.29, 0.717) is 0 Å². The molecule has 0 heterocycles. The number of hydrogen-bond acceptors (Lipinski definition) is 1. The summed E-state index contributed by atoms with van der Waals surface area (Å²) in [5.41, 5.74) is 3.10. The fourth-order valence-corrected chi connectivity index (χ4v) is 2.67. The van der Waals surface area contributed by atoms with Gasteiger partial charge in [-0.3, -0.25) is 0 Å². The van der Waals surface area contributed by atoms with Crippen LogP contribution in [0.3, 0.4) is 0 Å². The van der Waals surface area contributed by atoms with Crippen LogP contribution in [0.15, 0.2) is 40.9 Å². The Labute approximate surface area is 129 Å². The maximum Gasteiger partial charge on any atom is 0.165 e. The van der Waals surface area contributed by atoms with Crippen molar-refractivity contribution >= 4 is 31.9 Å². The molecule has 4 heteroatoms. The number of rotatable bonds is 3. The highest BCUT2D eigenvalue weighted by atomic mass is 79.9. The van der Waals surface area contributed by atoms with Gasteiger partial charge in [0, 0.05) is 4.47 Å². The van der Waals surface area contributed by atoms with Crippen molar-refractivity contribution in [2.45, 2.75) is 11.8 Å². The molecule has 1 unspecified atom stereocenters. The summed E-state index contributed by atoms with van der Waals surface area (Å²) in [5.74, 6) is -0.0891. The Morgan fingerprint density at radius 1 is 1.11 bits per heavy atom. The number of hydrogen-bond donors (Lipinski definition) is 0. The highest BCUT2D eigenvalue weighted by molar-refractivity contribution is 9.10. The lowest BCUT2D eigenvalue weighted by Crippen LogP contribution is -1.96. The minimum atomic E-state index is -0.349. The first kappa shape index (κ1) is 14.5. The molecule has 0 aliphatic carbocycles. The number of aryl methyl sites for hydroxylation is 1. The molecule has 0 amide bonds. The van der Waals surface area contributed by atoms with Gasteiger partial charge in [-0.15, -0.1) is 0 Å². The van der Waals surface area contributed by atoms with Crippen LogP contribution in [0, 0.1) is 12.7 Å². The first-order chi connectivity index (χ1) is 9.02. The molecule has 0 aliphatic heterocycles. The van der Waals surface area contributed by atoms with Crippen molar-refractivity contribution in [3.63, 3.8) is 0 Å². The number of methoxy groups -OCH3 is 1. The number of alkyl halides is 1. The number of benzene rings is 2. The van der Waals surface area contributed by atoms with Gasteiger partial charge in [-0.25, -0.2) is 4.39 Å². The third kappa shape index (κ3) is 3.18. The van der Waals surface area contributed by atoms with Crippen LogP contribution in [0.1, 0.15) is 21.5 Å². The smallest absolute Gasteiger partial charge is 0.165 e. The van der Waals surface area contributed by atoms with Crippen molar-refractivity contribution in [3.05, 3.63) is 63.4 Å². The maximum atomic E-state index is 13.7. The Balaban J connectivity index is 2.35. The summed E-state index contributed by atoms with van der Waals surface area (Å²) >= 11 is 7.08. The van der Waals surface area contributed by atoms with Crippen LogP contribution in [0.2, 0.25) is 0 Å². The van der Waals surface area contributed by atoms with Crippen LogP contribution in [0.25, 0.3) is 0 Å². The van der Waals surface area contributed by atoms with E-state index in [-0.39, 0.29) is 16.4 Å². The van der Waals surface area contributed by atoms with Crippen molar-refractivity contribution in [3.8, 4) is 5.75 Å². The Hall–Kier alpha value is -0.870. The minimum Gasteiger partial charge on any atom is -0.494 e. The van der Waals surface area contributed by atoms with E-state index >= 15 is 0 Å². The van der Waals surface area contributed by atoms with Gasteiger partial charge in [0.25, 0.3) is 0 Å². The lowest BCUT2D eigenvalue weighted by Gasteiger charge is -2.13. The van der Waals surface area contributed by atoms with E-state index in [2.05, 4.69) is 37.9 Å². The van der Waals surface area contributed by atoms with E-state index in [1.54, 1.807) is 6.07 Å². The second-order valence-electron chi connectivity index (χ2n) is 4.27. The molecule has 0 N–H and O–H groups in total. The van der Waals surface area contributed by atoms with Gasteiger partial charge in [0.15, 0.2) is 11.6 Å². The standard InChI is InChI=1S/C15H13Br2FO/c1-9-7-10(3-5-12(9)16)15(17)11-4-6-14(19-2)13(18)8-11/h3-8,15H,1-2H3. The molecule has 0 fully saturated rings. The molecule has 19 heavy (non-hydrogen) atoms. The molecule has 100 valence electrons. The fourth-order valence-electron chi connectivity index (χ4n) is 1.86. The predicted octanol–water partition coefficient (Wildman–Crippen LogP) is 5.39. The van der Waals surface area contributed by atoms with E-state index in [1.807, 2.05) is 25.1 Å². The third-order valence-corrected chi connectivity index (χ3v) is 4.89. The molecule has 0 saturated heterocycles. The maximum absolute atomic E-state index is 13.7. The summed E-state index contributed by atoms with van der Waals surface area (Å²) < 4.78 is 19.7. The molecule has 0 radical (unpaired) electrons. The van der Waals surface area contributed by atoms with Gasteiger partial charge in [-0.2, -0.15) is 0 Å². The summed E-state index contributed by atoms with van der Waals surface area (Å²) in [5, 5.41) is 0. The van der Waals surface area contributed by atoms with Crippen molar-refractivity contribution in [2.75, 3.05) is 7.11 Å².